The Morgan fingerprint density at radius 2 is 1.20 bits per heavy atom. The van der Waals surface area contributed by atoms with Crippen LogP contribution in [-0.4, -0.2) is 124 Å². The Balaban J connectivity index is 1.99. The van der Waals surface area contributed by atoms with Crippen LogP contribution in [0.4, 0.5) is 0 Å². The summed E-state index contributed by atoms with van der Waals surface area (Å²) >= 11 is 8.08. The van der Waals surface area contributed by atoms with E-state index >= 15 is 0 Å². The maximum Gasteiger partial charge on any atom is 0.327 e. The Bertz CT molecular complexity index is 2150. The minimum absolute atomic E-state index is 0.00386. The summed E-state index contributed by atoms with van der Waals surface area (Å²) in [6.45, 7) is 3.36. The number of guanidine groups is 1. The van der Waals surface area contributed by atoms with E-state index in [1.807, 2.05) is 18.2 Å². The van der Waals surface area contributed by atoms with Gasteiger partial charge in [-0.1, -0.05) is 62.4 Å². The highest BCUT2D eigenvalue weighted by molar-refractivity contribution is 7.80. The number of rotatable bonds is 27. The molecule has 1 heterocycles. The van der Waals surface area contributed by atoms with Crippen molar-refractivity contribution >= 4 is 89.4 Å². The molecular weight excluding hydrogens is 881 g/mol. The number of aliphatic carboxylic acids is 1. The predicted molar refractivity (Wildman–Crippen MR) is 250 cm³/mol. The molecule has 0 saturated heterocycles. The summed E-state index contributed by atoms with van der Waals surface area (Å²) < 4.78 is 0. The van der Waals surface area contributed by atoms with Gasteiger partial charge in [0.05, 0.1) is 6.04 Å². The number of carboxylic acids is 1. The molecule has 0 unspecified atom stereocenters. The van der Waals surface area contributed by atoms with Crippen LogP contribution < -0.4 is 54.8 Å². The van der Waals surface area contributed by atoms with E-state index in [4.69, 9.17) is 22.9 Å². The molecule has 0 saturated carbocycles. The zero-order chi connectivity index (χ0) is 48.2. The molecule has 65 heavy (non-hydrogen) atoms. The summed E-state index contributed by atoms with van der Waals surface area (Å²) in [6.07, 6.45) is 0.898. The molecule has 0 radical (unpaired) electrons. The van der Waals surface area contributed by atoms with Crippen molar-refractivity contribution in [1.29, 1.82) is 0 Å². The summed E-state index contributed by atoms with van der Waals surface area (Å²) in [5.74, 6) is -7.92. The number of amides is 7. The van der Waals surface area contributed by atoms with Crippen molar-refractivity contribution in [2.45, 2.75) is 94.7 Å². The average Bonchev–Trinajstić information content (AvgIpc) is 3.68. The maximum atomic E-state index is 14.4. The van der Waals surface area contributed by atoms with Gasteiger partial charge in [-0.25, -0.2) is 4.79 Å². The number of para-hydroxylation sites is 1. The fourth-order valence-corrected chi connectivity index (χ4v) is 6.94. The number of aliphatic imine (C=N–C) groups is 1. The van der Waals surface area contributed by atoms with Crippen LogP contribution in [0.2, 0.25) is 0 Å². The van der Waals surface area contributed by atoms with E-state index in [1.54, 1.807) is 56.4 Å². The van der Waals surface area contributed by atoms with Gasteiger partial charge >= 0.3 is 5.97 Å². The first kappa shape index (κ1) is 53.0. The fraction of sp³-hybridized carbons (Fsp3) is 0.452. The van der Waals surface area contributed by atoms with Crippen LogP contribution in [0.15, 0.2) is 65.8 Å². The standard InChI is InChI=1S/C42H60N12O9S2/c1-22(2)34(54-35(56)26(43)20-64)40(61)50-29(14-15-33(44)55)37(58)51-30(17-23-9-4-3-5-10-23)38(59)49-28(13-8-16-47-42(45)46)36(57)52-31(39(60)53-32(21-65)41(62)63)18-24-19-48-27-12-7-6-11-25(24)27/h3-7,9-12,19,22,26,28-32,34,48,64-65H,8,13-18,20-21,43H2,1-2H3,(H2,44,55)(H,49,59)(H,50,61)(H,51,58)(H,52,57)(H,53,60)(H,54,56)(H,62,63)(H4,45,46,47)/t26-,28-,29-,30+,31-,32-,34+/m0/s1. The Morgan fingerprint density at radius 3 is 1.77 bits per heavy atom. The Kier molecular flexibility index (Phi) is 21.6. The minimum atomic E-state index is -1.44. The topological polar surface area (TPSA) is 361 Å². The molecular formula is C42H60N12O9S2. The summed E-state index contributed by atoms with van der Waals surface area (Å²) in [7, 11) is 0. The third-order valence-corrected chi connectivity index (χ3v) is 10.9. The normalized spacial score (nSPS) is 14.3. The van der Waals surface area contributed by atoms with E-state index in [-0.39, 0.29) is 62.5 Å². The van der Waals surface area contributed by atoms with Gasteiger partial charge in [0.2, 0.25) is 41.4 Å². The molecule has 16 N–H and O–H groups in total. The van der Waals surface area contributed by atoms with Crippen LogP contribution in [0.1, 0.15) is 50.7 Å². The highest BCUT2D eigenvalue weighted by Crippen LogP contribution is 2.20. The van der Waals surface area contributed by atoms with E-state index in [9.17, 15) is 43.5 Å². The number of thiol groups is 2. The number of fused-ring (bicyclic) bond motifs is 1. The number of nitrogens with two attached hydrogens (primary N) is 4. The number of aromatic nitrogens is 1. The number of hydrogen-bond donors (Lipinski definition) is 14. The van der Waals surface area contributed by atoms with Gasteiger partial charge in [0.1, 0.15) is 36.3 Å². The molecule has 0 aliphatic heterocycles. The van der Waals surface area contributed by atoms with Gasteiger partial charge in [-0.2, -0.15) is 25.3 Å². The lowest BCUT2D eigenvalue weighted by atomic mass is 10.0. The minimum Gasteiger partial charge on any atom is -0.480 e. The van der Waals surface area contributed by atoms with E-state index in [0.29, 0.717) is 11.1 Å². The zero-order valence-electron chi connectivity index (χ0n) is 36.1. The SMILES string of the molecule is CC(C)[C@@H](NC(=O)[C@@H](N)CS)C(=O)N[C@@H](CCC(N)=O)C(=O)N[C@H](Cc1ccccc1)C(=O)N[C@@H](CCCN=C(N)N)C(=O)N[C@@H](Cc1c[nH]c2ccccc12)C(=O)N[C@@H](CS)C(=O)O. The number of hydrogen-bond acceptors (Lipinski definition) is 12. The molecule has 1 aromatic heterocycles. The third-order valence-electron chi connectivity index (χ3n) is 10.1. The molecule has 0 aliphatic rings. The van der Waals surface area contributed by atoms with Crippen molar-refractivity contribution in [2.24, 2.45) is 33.8 Å². The molecule has 354 valence electrons. The van der Waals surface area contributed by atoms with E-state index < -0.39 is 95.5 Å². The van der Waals surface area contributed by atoms with E-state index in [2.05, 4.69) is 67.1 Å². The molecule has 23 heteroatoms. The maximum absolute atomic E-state index is 14.4. The van der Waals surface area contributed by atoms with Gasteiger partial charge in [-0.3, -0.25) is 38.6 Å². The van der Waals surface area contributed by atoms with Gasteiger partial charge in [-0.05, 0) is 42.4 Å². The molecule has 0 fully saturated rings. The molecule has 3 rings (SSSR count). The van der Waals surface area contributed by atoms with Crippen molar-refractivity contribution in [3.05, 3.63) is 71.9 Å². The lowest BCUT2D eigenvalue weighted by Crippen LogP contribution is -2.61. The number of H-pyrrole nitrogens is 1. The Morgan fingerprint density at radius 1 is 0.662 bits per heavy atom. The molecule has 0 bridgehead atoms. The second-order valence-corrected chi connectivity index (χ2v) is 16.3. The lowest BCUT2D eigenvalue weighted by molar-refractivity contribution is -0.141. The van der Waals surface area contributed by atoms with Crippen molar-refractivity contribution in [2.75, 3.05) is 18.1 Å². The highest BCUT2D eigenvalue weighted by Gasteiger charge is 2.34. The average molecular weight is 941 g/mol. The van der Waals surface area contributed by atoms with Crippen LogP contribution in [0.3, 0.4) is 0 Å². The van der Waals surface area contributed by atoms with Crippen molar-refractivity contribution in [3.63, 3.8) is 0 Å². The zero-order valence-corrected chi connectivity index (χ0v) is 37.9. The van der Waals surface area contributed by atoms with Crippen LogP contribution in [0.25, 0.3) is 10.9 Å². The fourth-order valence-electron chi connectivity index (χ4n) is 6.53. The van der Waals surface area contributed by atoms with E-state index in [1.165, 1.54) is 0 Å². The van der Waals surface area contributed by atoms with Crippen molar-refractivity contribution in [3.8, 4) is 0 Å². The summed E-state index contributed by atoms with van der Waals surface area (Å²) in [4.78, 5) is 114. The molecule has 3 aromatic rings. The first-order chi connectivity index (χ1) is 30.8. The predicted octanol–water partition coefficient (Wildman–Crippen LogP) is -1.89. The molecule has 21 nitrogen and oxygen atoms in total. The number of nitrogens with zero attached hydrogens (tertiary/aromatic N) is 1. The third kappa shape index (κ3) is 17.3. The number of carbonyl (C=O) groups is 8. The van der Waals surface area contributed by atoms with Crippen LogP contribution >= 0.6 is 25.3 Å². The second-order valence-electron chi connectivity index (χ2n) is 15.6. The van der Waals surface area contributed by atoms with Crippen LogP contribution in [0.5, 0.6) is 0 Å². The molecule has 0 aliphatic carbocycles. The van der Waals surface area contributed by atoms with Crippen molar-refractivity contribution in [1.82, 2.24) is 36.9 Å². The number of benzene rings is 2. The monoisotopic (exact) mass is 940 g/mol. The van der Waals surface area contributed by atoms with Gasteiger partial charge in [0.25, 0.3) is 0 Å². The van der Waals surface area contributed by atoms with Crippen LogP contribution in [-0.2, 0) is 51.2 Å². The largest absolute Gasteiger partial charge is 0.480 e. The molecule has 7 atom stereocenters. The quantitative estimate of drug-likeness (QED) is 0.0173. The molecule has 0 spiro atoms. The second kappa shape index (κ2) is 26.5. The first-order valence-corrected chi connectivity index (χ1v) is 22.1. The number of nitrogens with one attached hydrogen (secondary N) is 7. The number of carboxylic acid groups (broad SMARTS) is 1. The van der Waals surface area contributed by atoms with E-state index in [0.717, 1.165) is 10.9 Å². The van der Waals surface area contributed by atoms with Gasteiger partial charge < -0.3 is 64.9 Å². The van der Waals surface area contributed by atoms with Gasteiger partial charge in [-0.15, -0.1) is 0 Å². The summed E-state index contributed by atoms with van der Waals surface area (Å²) in [5.41, 5.74) is 24.2. The molecule has 7 amide bonds. The van der Waals surface area contributed by atoms with Crippen molar-refractivity contribution < 1.29 is 43.5 Å². The van der Waals surface area contributed by atoms with Gasteiger partial charge in [0.15, 0.2) is 5.96 Å². The lowest BCUT2D eigenvalue weighted by Gasteiger charge is -2.28. The summed E-state index contributed by atoms with van der Waals surface area (Å²) in [5, 5.41) is 26.0. The highest BCUT2D eigenvalue weighted by atomic mass is 32.1. The van der Waals surface area contributed by atoms with Gasteiger partial charge in [0, 0.05) is 54.4 Å². The number of primary amides is 1. The van der Waals surface area contributed by atoms with Crippen LogP contribution in [0, 0.1) is 5.92 Å². The smallest absolute Gasteiger partial charge is 0.327 e. The first-order valence-electron chi connectivity index (χ1n) is 20.8. The Hall–Kier alpha value is -6.33. The molecule has 2 aromatic carbocycles. The number of carbonyl (C=O) groups excluding carboxylic acids is 7. The Labute approximate surface area is 387 Å². The number of aromatic amines is 1. The summed E-state index contributed by atoms with van der Waals surface area (Å²) in [6, 6.07) is 6.64.